The second kappa shape index (κ2) is 6.63. The number of benzene rings is 1. The Bertz CT molecular complexity index is 578. The van der Waals surface area contributed by atoms with Gasteiger partial charge in [0.05, 0.1) is 18.2 Å². The van der Waals surface area contributed by atoms with Crippen molar-refractivity contribution < 1.29 is 27.8 Å². The summed E-state index contributed by atoms with van der Waals surface area (Å²) in [7, 11) is 0. The quantitative estimate of drug-likeness (QED) is 0.842. The van der Waals surface area contributed by atoms with Gasteiger partial charge in [0.25, 0.3) is 0 Å². The number of hydrogen-bond donors (Lipinski definition) is 1. The van der Waals surface area contributed by atoms with Crippen molar-refractivity contribution in [3.63, 3.8) is 0 Å². The van der Waals surface area contributed by atoms with Crippen LogP contribution in [0.4, 0.5) is 18.0 Å². The maximum atomic E-state index is 12.6. The van der Waals surface area contributed by atoms with E-state index in [0.29, 0.717) is 18.5 Å². The van der Waals surface area contributed by atoms with Gasteiger partial charge in [-0.25, -0.2) is 4.79 Å². The average molecular weight is 345 g/mol. The van der Waals surface area contributed by atoms with Gasteiger partial charge in [0, 0.05) is 12.5 Å². The molecule has 0 saturated carbocycles. The molecule has 1 aliphatic rings. The molecule has 0 aliphatic carbocycles. The van der Waals surface area contributed by atoms with E-state index < -0.39 is 29.5 Å². The van der Waals surface area contributed by atoms with E-state index in [1.54, 1.807) is 20.8 Å². The lowest BCUT2D eigenvalue weighted by Crippen LogP contribution is -2.47. The first-order valence-corrected chi connectivity index (χ1v) is 7.80. The van der Waals surface area contributed by atoms with E-state index in [2.05, 4.69) is 0 Å². The highest BCUT2D eigenvalue weighted by atomic mass is 19.4. The number of amides is 1. The van der Waals surface area contributed by atoms with E-state index in [1.165, 1.54) is 17.0 Å². The fourth-order valence-electron chi connectivity index (χ4n) is 2.73. The van der Waals surface area contributed by atoms with Crippen LogP contribution < -0.4 is 0 Å². The molecule has 1 N–H and O–H groups in total. The third-order valence-electron chi connectivity index (χ3n) is 3.90. The zero-order valence-corrected chi connectivity index (χ0v) is 13.9. The second-order valence-electron chi connectivity index (χ2n) is 7.01. The summed E-state index contributed by atoms with van der Waals surface area (Å²) in [5.41, 5.74) is -0.696. The summed E-state index contributed by atoms with van der Waals surface area (Å²) in [6, 6.07) is 4.81. The number of alkyl halides is 3. The molecule has 4 nitrogen and oxygen atoms in total. The van der Waals surface area contributed by atoms with Gasteiger partial charge in [0.1, 0.15) is 5.60 Å². The van der Waals surface area contributed by atoms with Crippen molar-refractivity contribution in [3.8, 4) is 0 Å². The number of rotatable bonds is 1. The predicted molar refractivity (Wildman–Crippen MR) is 82.6 cm³/mol. The van der Waals surface area contributed by atoms with Crippen molar-refractivity contribution in [1.29, 1.82) is 0 Å². The molecule has 1 aromatic rings. The van der Waals surface area contributed by atoms with Crippen LogP contribution in [0.5, 0.6) is 0 Å². The van der Waals surface area contributed by atoms with Gasteiger partial charge in [0.2, 0.25) is 0 Å². The Morgan fingerprint density at radius 1 is 1.21 bits per heavy atom. The molecule has 2 rings (SSSR count). The van der Waals surface area contributed by atoms with Crippen molar-refractivity contribution in [2.24, 2.45) is 0 Å². The van der Waals surface area contributed by atoms with Crippen molar-refractivity contribution in [2.75, 3.05) is 13.1 Å². The van der Waals surface area contributed by atoms with Crippen LogP contribution in [0.1, 0.15) is 44.2 Å². The van der Waals surface area contributed by atoms with Gasteiger partial charge in [0.15, 0.2) is 0 Å². The Labute approximate surface area is 139 Å². The molecule has 24 heavy (non-hydrogen) atoms. The molecule has 0 aromatic heterocycles. The number of ether oxygens (including phenoxy) is 1. The van der Waals surface area contributed by atoms with Crippen LogP contribution in [0.2, 0.25) is 0 Å². The van der Waals surface area contributed by atoms with Gasteiger partial charge in [-0.1, -0.05) is 12.1 Å². The number of nitrogens with zero attached hydrogens (tertiary/aromatic N) is 1. The van der Waals surface area contributed by atoms with Crippen LogP contribution in [0.3, 0.4) is 0 Å². The van der Waals surface area contributed by atoms with Gasteiger partial charge in [-0.3, -0.25) is 0 Å². The highest BCUT2D eigenvalue weighted by Crippen LogP contribution is 2.33. The van der Waals surface area contributed by atoms with Crippen molar-refractivity contribution >= 4 is 6.09 Å². The smallest absolute Gasteiger partial charge is 0.416 e. The molecule has 2 atom stereocenters. The summed E-state index contributed by atoms with van der Waals surface area (Å²) in [6.45, 7) is 5.76. The van der Waals surface area contributed by atoms with Gasteiger partial charge in [-0.15, -0.1) is 0 Å². The molecule has 0 bridgehead atoms. The maximum Gasteiger partial charge on any atom is 0.416 e. The summed E-state index contributed by atoms with van der Waals surface area (Å²) in [4.78, 5) is 13.5. The third kappa shape index (κ3) is 4.63. The fourth-order valence-corrected chi connectivity index (χ4v) is 2.73. The van der Waals surface area contributed by atoms with E-state index >= 15 is 0 Å². The number of halogens is 3. The number of piperidine rings is 1. The lowest BCUT2D eigenvalue weighted by atomic mass is 9.87. The lowest BCUT2D eigenvalue weighted by Gasteiger charge is -2.37. The highest BCUT2D eigenvalue weighted by molar-refractivity contribution is 5.68. The van der Waals surface area contributed by atoms with Gasteiger partial charge in [-0.2, -0.15) is 13.2 Å². The first kappa shape index (κ1) is 18.6. The zero-order chi connectivity index (χ0) is 18.1. The minimum atomic E-state index is -4.38. The van der Waals surface area contributed by atoms with Crippen molar-refractivity contribution in [3.05, 3.63) is 35.4 Å². The Morgan fingerprint density at radius 2 is 1.79 bits per heavy atom. The number of carbonyl (C=O) groups is 1. The van der Waals surface area contributed by atoms with E-state index in [4.69, 9.17) is 4.74 Å². The molecule has 7 heteroatoms. The molecule has 134 valence electrons. The number of carbonyl (C=O) groups excluding carboxylic acids is 1. The molecule has 1 aromatic carbocycles. The standard InChI is InChI=1S/C17H22F3NO3/c1-16(2,3)24-15(23)21-9-8-13(14(22)10-21)11-4-6-12(7-5-11)17(18,19)20/h4-7,13-14,22H,8-10H2,1-3H3/t13-,14+/m1/s1. The molecule has 0 radical (unpaired) electrons. The number of hydrogen-bond acceptors (Lipinski definition) is 3. The van der Waals surface area contributed by atoms with Crippen LogP contribution >= 0.6 is 0 Å². The van der Waals surface area contributed by atoms with Gasteiger partial charge in [-0.05, 0) is 44.9 Å². The van der Waals surface area contributed by atoms with Crippen LogP contribution in [0.25, 0.3) is 0 Å². The van der Waals surface area contributed by atoms with Crippen molar-refractivity contribution in [2.45, 2.75) is 51.0 Å². The van der Waals surface area contributed by atoms with Crippen molar-refractivity contribution in [1.82, 2.24) is 4.90 Å². The molecular formula is C17H22F3NO3. The largest absolute Gasteiger partial charge is 0.444 e. The maximum absolute atomic E-state index is 12.6. The molecule has 1 saturated heterocycles. The summed E-state index contributed by atoms with van der Waals surface area (Å²) in [5.74, 6) is -0.300. The molecule has 1 fully saturated rings. The SMILES string of the molecule is CC(C)(C)OC(=O)N1CC[C@H](c2ccc(C(F)(F)F)cc2)[C@@H](O)C1. The molecule has 1 heterocycles. The molecule has 1 aliphatic heterocycles. The number of likely N-dealkylation sites (tertiary alicyclic amines) is 1. The average Bonchev–Trinajstić information content (AvgIpc) is 2.44. The van der Waals surface area contributed by atoms with Gasteiger partial charge < -0.3 is 14.7 Å². The number of aliphatic hydroxyl groups excluding tert-OH is 1. The first-order valence-electron chi connectivity index (χ1n) is 7.80. The topological polar surface area (TPSA) is 49.8 Å². The Hall–Kier alpha value is -1.76. The predicted octanol–water partition coefficient (Wildman–Crippen LogP) is 3.79. The van der Waals surface area contributed by atoms with E-state index in [1.807, 2.05) is 0 Å². The van der Waals surface area contributed by atoms with E-state index in [-0.39, 0.29) is 12.5 Å². The summed E-state index contributed by atoms with van der Waals surface area (Å²) in [6.07, 6.45) is -5.25. The van der Waals surface area contributed by atoms with Crippen LogP contribution in [-0.4, -0.2) is 40.9 Å². The monoisotopic (exact) mass is 345 g/mol. The third-order valence-corrected chi connectivity index (χ3v) is 3.90. The first-order chi connectivity index (χ1) is 11.0. The highest BCUT2D eigenvalue weighted by Gasteiger charge is 2.34. The zero-order valence-electron chi connectivity index (χ0n) is 13.9. The summed E-state index contributed by atoms with van der Waals surface area (Å²) in [5, 5.41) is 10.3. The van der Waals surface area contributed by atoms with Crippen LogP contribution in [0, 0.1) is 0 Å². The number of β-amino-alcohol motifs (C(OH)–C–C–N with tert-alkyl or cyclic N) is 1. The molecular weight excluding hydrogens is 323 g/mol. The molecule has 1 amide bonds. The molecule has 0 unspecified atom stereocenters. The molecule has 0 spiro atoms. The summed E-state index contributed by atoms with van der Waals surface area (Å²) < 4.78 is 43.1. The lowest BCUT2D eigenvalue weighted by molar-refractivity contribution is -0.137. The van der Waals surface area contributed by atoms with E-state index in [9.17, 15) is 23.1 Å². The minimum absolute atomic E-state index is 0.0978. The summed E-state index contributed by atoms with van der Waals surface area (Å²) >= 11 is 0. The Balaban J connectivity index is 2.02. The second-order valence-corrected chi connectivity index (χ2v) is 7.01. The van der Waals surface area contributed by atoms with Gasteiger partial charge >= 0.3 is 12.3 Å². The minimum Gasteiger partial charge on any atom is -0.444 e. The van der Waals surface area contributed by atoms with Crippen LogP contribution in [0.15, 0.2) is 24.3 Å². The fraction of sp³-hybridized carbons (Fsp3) is 0.588. The Morgan fingerprint density at radius 3 is 2.25 bits per heavy atom. The Kier molecular flexibility index (Phi) is 5.13. The normalized spacial score (nSPS) is 22.4. The van der Waals surface area contributed by atoms with Crippen LogP contribution in [-0.2, 0) is 10.9 Å². The number of aliphatic hydroxyl groups is 1. The van der Waals surface area contributed by atoms with E-state index in [0.717, 1.165) is 12.1 Å².